The van der Waals surface area contributed by atoms with Crippen LogP contribution in [0.4, 0.5) is 0 Å². The lowest BCUT2D eigenvalue weighted by atomic mass is 9.83. The van der Waals surface area contributed by atoms with Gasteiger partial charge in [0.2, 0.25) is 0 Å². The summed E-state index contributed by atoms with van der Waals surface area (Å²) in [6, 6.07) is 66.7. The van der Waals surface area contributed by atoms with Gasteiger partial charge >= 0.3 is 0 Å². The first-order valence-corrected chi connectivity index (χ1v) is 19.3. The van der Waals surface area contributed by atoms with Crippen molar-refractivity contribution in [2.45, 2.75) is 0 Å². The van der Waals surface area contributed by atoms with E-state index in [0.29, 0.717) is 0 Å². The lowest BCUT2D eigenvalue weighted by molar-refractivity contribution is 0.673. The molecule has 2 heterocycles. The molecule has 250 valence electrons. The van der Waals surface area contributed by atoms with Crippen LogP contribution in [-0.4, -0.2) is 0 Å². The highest BCUT2D eigenvalue weighted by molar-refractivity contribution is 7.26. The van der Waals surface area contributed by atoms with Crippen LogP contribution in [0, 0.1) is 0 Å². The Hall–Kier alpha value is -6.74. The van der Waals surface area contributed by atoms with Crippen molar-refractivity contribution in [2.75, 3.05) is 0 Å². The highest BCUT2D eigenvalue weighted by Crippen LogP contribution is 2.48. The first kappa shape index (κ1) is 29.8. The second-order valence-electron chi connectivity index (χ2n) is 14.3. The van der Waals surface area contributed by atoms with E-state index in [4.69, 9.17) is 4.42 Å². The summed E-state index contributed by atoms with van der Waals surface area (Å²) in [5.74, 6) is 0. The fraction of sp³-hybridized carbons (Fsp3) is 0. The predicted molar refractivity (Wildman–Crippen MR) is 233 cm³/mol. The van der Waals surface area contributed by atoms with E-state index in [0.717, 1.165) is 16.6 Å². The summed E-state index contributed by atoms with van der Waals surface area (Å²) < 4.78 is 9.13. The van der Waals surface area contributed by atoms with Crippen molar-refractivity contribution >= 4 is 96.5 Å². The van der Waals surface area contributed by atoms with Gasteiger partial charge in [-0.25, -0.2) is 0 Å². The fourth-order valence-corrected chi connectivity index (χ4v) is 10.3. The maximum absolute atomic E-state index is 6.57. The summed E-state index contributed by atoms with van der Waals surface area (Å²) in [4.78, 5) is 0. The molecule has 0 aliphatic carbocycles. The van der Waals surface area contributed by atoms with Gasteiger partial charge in [-0.3, -0.25) is 0 Å². The average Bonchev–Trinajstić information content (AvgIpc) is 3.81. The Bertz CT molecular complexity index is 3440. The number of thiophene rings is 1. The van der Waals surface area contributed by atoms with Crippen LogP contribution >= 0.6 is 11.3 Å². The van der Waals surface area contributed by atoms with Gasteiger partial charge in [-0.05, 0) is 95.3 Å². The van der Waals surface area contributed by atoms with E-state index in [1.807, 2.05) is 17.4 Å². The second-order valence-corrected chi connectivity index (χ2v) is 15.4. The van der Waals surface area contributed by atoms with Crippen molar-refractivity contribution in [3.63, 3.8) is 0 Å². The quantitative estimate of drug-likeness (QED) is 0.167. The highest BCUT2D eigenvalue weighted by atomic mass is 32.1. The third-order valence-electron chi connectivity index (χ3n) is 11.5. The molecule has 0 saturated heterocycles. The third kappa shape index (κ3) is 4.20. The van der Waals surface area contributed by atoms with Crippen molar-refractivity contribution < 1.29 is 4.42 Å². The topological polar surface area (TPSA) is 13.1 Å². The Morgan fingerprint density at radius 2 is 0.926 bits per heavy atom. The average molecular weight is 703 g/mol. The van der Waals surface area contributed by atoms with Crippen molar-refractivity contribution in [3.05, 3.63) is 182 Å². The van der Waals surface area contributed by atoms with Crippen molar-refractivity contribution in [2.24, 2.45) is 0 Å². The van der Waals surface area contributed by atoms with Gasteiger partial charge in [0.15, 0.2) is 0 Å². The number of fused-ring (bicyclic) bond motifs is 12. The fourth-order valence-electron chi connectivity index (χ4n) is 9.09. The summed E-state index contributed by atoms with van der Waals surface area (Å²) in [5.41, 5.74) is 9.44. The lowest BCUT2D eigenvalue weighted by Gasteiger charge is -2.19. The molecule has 12 aromatic rings. The number of hydrogen-bond acceptors (Lipinski definition) is 2. The Morgan fingerprint density at radius 1 is 0.352 bits per heavy atom. The van der Waals surface area contributed by atoms with E-state index in [1.54, 1.807) is 0 Å². The standard InChI is InChI=1S/C52H30OS/c1-2-12-31(13-3-1)34-27-28-42(36-15-5-4-14-35(34)36)50-40-19-8-6-17-38(40)48(39-18-7-9-20-41(39)50)33-24-29-47-45(30-33)44-26-23-32-22-25-43-37-16-10-11-21-46(37)53-51(43)49(32)52(44)54-47/h1-30H. The van der Waals surface area contributed by atoms with Gasteiger partial charge in [-0.2, -0.15) is 0 Å². The molecule has 0 unspecified atom stereocenters. The third-order valence-corrected chi connectivity index (χ3v) is 12.7. The van der Waals surface area contributed by atoms with Crippen LogP contribution < -0.4 is 0 Å². The zero-order chi connectivity index (χ0) is 35.3. The molecule has 0 amide bonds. The maximum atomic E-state index is 6.57. The molecule has 12 rings (SSSR count). The SMILES string of the molecule is c1ccc(-c2ccc(-c3c4ccccc4c(-c4ccc5sc6c(ccc7ccc8c9ccccc9oc8c76)c5c4)c4ccccc34)c3ccccc23)cc1. The molecular formula is C52H30OS. The van der Waals surface area contributed by atoms with E-state index in [2.05, 4.69) is 176 Å². The van der Waals surface area contributed by atoms with E-state index < -0.39 is 0 Å². The van der Waals surface area contributed by atoms with Crippen molar-refractivity contribution in [1.29, 1.82) is 0 Å². The number of benzene rings is 10. The number of para-hydroxylation sites is 1. The van der Waals surface area contributed by atoms with Gasteiger partial charge in [0.05, 0.1) is 0 Å². The Labute approximate surface area is 314 Å². The zero-order valence-corrected chi connectivity index (χ0v) is 30.0. The Kier molecular flexibility index (Phi) is 6.28. The Morgan fingerprint density at radius 3 is 1.65 bits per heavy atom. The minimum atomic E-state index is 0.933. The monoisotopic (exact) mass is 702 g/mol. The van der Waals surface area contributed by atoms with E-state index in [9.17, 15) is 0 Å². The van der Waals surface area contributed by atoms with E-state index >= 15 is 0 Å². The molecule has 0 spiro atoms. The number of rotatable bonds is 3. The van der Waals surface area contributed by atoms with Gasteiger partial charge in [0, 0.05) is 36.3 Å². The number of furan rings is 1. The normalized spacial score (nSPS) is 12.1. The zero-order valence-electron chi connectivity index (χ0n) is 29.1. The Balaban J connectivity index is 1.12. The molecule has 0 saturated carbocycles. The molecule has 0 bridgehead atoms. The van der Waals surface area contributed by atoms with Gasteiger partial charge in [0.1, 0.15) is 11.2 Å². The van der Waals surface area contributed by atoms with Crippen LogP contribution in [0.15, 0.2) is 186 Å². The van der Waals surface area contributed by atoms with E-state index in [-0.39, 0.29) is 0 Å². The van der Waals surface area contributed by atoms with Gasteiger partial charge in [0.25, 0.3) is 0 Å². The van der Waals surface area contributed by atoms with Gasteiger partial charge < -0.3 is 4.42 Å². The van der Waals surface area contributed by atoms with Crippen LogP contribution in [0.25, 0.3) is 119 Å². The summed E-state index contributed by atoms with van der Waals surface area (Å²) in [6.45, 7) is 0. The molecule has 1 nitrogen and oxygen atoms in total. The molecule has 0 aliphatic rings. The predicted octanol–water partition coefficient (Wildman–Crippen LogP) is 15.6. The molecular weight excluding hydrogens is 673 g/mol. The summed E-state index contributed by atoms with van der Waals surface area (Å²) in [6.07, 6.45) is 0. The first-order valence-electron chi connectivity index (χ1n) is 18.5. The van der Waals surface area contributed by atoms with Crippen LogP contribution in [0.5, 0.6) is 0 Å². The van der Waals surface area contributed by atoms with Crippen molar-refractivity contribution in [3.8, 4) is 33.4 Å². The maximum Gasteiger partial charge on any atom is 0.144 e. The molecule has 2 heteroatoms. The summed E-state index contributed by atoms with van der Waals surface area (Å²) in [7, 11) is 0. The molecule has 0 N–H and O–H groups in total. The van der Waals surface area contributed by atoms with Crippen LogP contribution in [0.1, 0.15) is 0 Å². The molecule has 0 atom stereocenters. The number of hydrogen-bond donors (Lipinski definition) is 0. The van der Waals surface area contributed by atoms with Gasteiger partial charge in [-0.1, -0.05) is 158 Å². The van der Waals surface area contributed by atoms with Crippen LogP contribution in [0.2, 0.25) is 0 Å². The lowest BCUT2D eigenvalue weighted by Crippen LogP contribution is -1.92. The summed E-state index contributed by atoms with van der Waals surface area (Å²) >= 11 is 1.87. The molecule has 0 fully saturated rings. The molecule has 0 radical (unpaired) electrons. The smallest absolute Gasteiger partial charge is 0.144 e. The minimum Gasteiger partial charge on any atom is -0.455 e. The second kappa shape index (κ2) is 11.4. The first-order chi connectivity index (χ1) is 26.8. The largest absolute Gasteiger partial charge is 0.455 e. The molecule has 2 aromatic heterocycles. The van der Waals surface area contributed by atoms with Crippen LogP contribution in [0.3, 0.4) is 0 Å². The van der Waals surface area contributed by atoms with Gasteiger partial charge in [-0.15, -0.1) is 11.3 Å². The molecule has 10 aromatic carbocycles. The summed E-state index contributed by atoms with van der Waals surface area (Å²) in [5, 5.41) is 14.9. The van der Waals surface area contributed by atoms with Crippen LogP contribution in [-0.2, 0) is 0 Å². The minimum absolute atomic E-state index is 0.933. The molecule has 0 aliphatic heterocycles. The molecule has 54 heavy (non-hydrogen) atoms. The van der Waals surface area contributed by atoms with Crippen molar-refractivity contribution in [1.82, 2.24) is 0 Å². The highest BCUT2D eigenvalue weighted by Gasteiger charge is 2.21. The van der Waals surface area contributed by atoms with E-state index in [1.165, 1.54) is 102 Å².